The largest absolute Gasteiger partial charge is 0.372 e. The second-order valence-electron chi connectivity index (χ2n) is 8.84. The number of allylic oxidation sites excluding steroid dienone is 1. The molecule has 1 aliphatic carbocycles. The van der Waals surface area contributed by atoms with Crippen LogP contribution < -0.4 is 15.1 Å². The molecule has 1 aliphatic heterocycles. The van der Waals surface area contributed by atoms with E-state index in [2.05, 4.69) is 55.3 Å². The van der Waals surface area contributed by atoms with Crippen LogP contribution >= 0.6 is 0 Å². The summed E-state index contributed by atoms with van der Waals surface area (Å²) in [6.45, 7) is 8.27. The van der Waals surface area contributed by atoms with E-state index < -0.39 is 6.04 Å². The minimum absolute atomic E-state index is 0.0658. The fourth-order valence-corrected chi connectivity index (χ4v) is 5.03. The van der Waals surface area contributed by atoms with Crippen LogP contribution in [0.4, 0.5) is 17.1 Å². The summed E-state index contributed by atoms with van der Waals surface area (Å²) in [5, 5.41) is 3.54. The standard InChI is InChI=1S/C28H35N3O2/c1-4-7-15-26(33)31-24-13-9-8-11-22(24)29-23-12-10-14-25(32)27(23)28(31)20-16-18-21(19-17-20)30(5-2)6-3/h8-9,11,13,16-19,28-29H,4-7,10,12,14-15H2,1-3H3/t28-/m1/s1. The number of hydrogen-bond acceptors (Lipinski definition) is 4. The fraction of sp³-hybridized carbons (Fsp3) is 0.429. The van der Waals surface area contributed by atoms with E-state index in [1.807, 2.05) is 29.2 Å². The Labute approximate surface area is 197 Å². The van der Waals surface area contributed by atoms with Crippen molar-refractivity contribution in [3.8, 4) is 0 Å². The van der Waals surface area contributed by atoms with Gasteiger partial charge in [-0.05, 0) is 62.9 Å². The molecular formula is C28H35N3O2. The minimum Gasteiger partial charge on any atom is -0.372 e. The van der Waals surface area contributed by atoms with Gasteiger partial charge in [0, 0.05) is 42.9 Å². The summed E-state index contributed by atoms with van der Waals surface area (Å²) in [4.78, 5) is 31.2. The average molecular weight is 446 g/mol. The number of amides is 1. The Hall–Kier alpha value is -3.08. The molecule has 4 rings (SSSR count). The third-order valence-corrected chi connectivity index (χ3v) is 6.79. The van der Waals surface area contributed by atoms with Crippen LogP contribution in [0.1, 0.15) is 70.9 Å². The zero-order valence-electron chi connectivity index (χ0n) is 20.1. The van der Waals surface area contributed by atoms with Gasteiger partial charge < -0.3 is 10.2 Å². The molecule has 1 N–H and O–H groups in total. The lowest BCUT2D eigenvalue weighted by Gasteiger charge is -2.34. The Morgan fingerprint density at radius 2 is 1.76 bits per heavy atom. The fourth-order valence-electron chi connectivity index (χ4n) is 5.03. The number of nitrogens with zero attached hydrogens (tertiary/aromatic N) is 2. The predicted molar refractivity (Wildman–Crippen MR) is 136 cm³/mol. The third-order valence-electron chi connectivity index (χ3n) is 6.79. The number of carbonyl (C=O) groups is 2. The molecular weight excluding hydrogens is 410 g/mol. The summed E-state index contributed by atoms with van der Waals surface area (Å²) < 4.78 is 0. The van der Waals surface area contributed by atoms with Crippen molar-refractivity contribution >= 4 is 28.8 Å². The lowest BCUT2D eigenvalue weighted by molar-refractivity contribution is -0.119. The highest BCUT2D eigenvalue weighted by Gasteiger charge is 2.39. The van der Waals surface area contributed by atoms with Crippen molar-refractivity contribution in [3.05, 3.63) is 65.4 Å². The summed E-state index contributed by atoms with van der Waals surface area (Å²) >= 11 is 0. The normalized spacial score (nSPS) is 17.7. The smallest absolute Gasteiger partial charge is 0.227 e. The molecule has 0 fully saturated rings. The summed E-state index contributed by atoms with van der Waals surface area (Å²) in [6.07, 6.45) is 4.44. The quantitative estimate of drug-likeness (QED) is 0.549. The van der Waals surface area contributed by atoms with Crippen LogP contribution in [-0.4, -0.2) is 24.8 Å². The maximum atomic E-state index is 13.7. The van der Waals surface area contributed by atoms with Gasteiger partial charge in [0.05, 0.1) is 17.4 Å². The van der Waals surface area contributed by atoms with E-state index in [0.29, 0.717) is 12.8 Å². The molecule has 1 atom stereocenters. The molecule has 2 aromatic carbocycles. The van der Waals surface area contributed by atoms with Crippen LogP contribution in [0.25, 0.3) is 0 Å². The number of Topliss-reactive ketones (excluding diaryl/α,β-unsaturated/α-hetero) is 1. The number of carbonyl (C=O) groups excluding carboxylic acids is 2. The molecule has 5 nitrogen and oxygen atoms in total. The van der Waals surface area contributed by atoms with Crippen LogP contribution in [0.5, 0.6) is 0 Å². The van der Waals surface area contributed by atoms with Crippen molar-refractivity contribution in [3.63, 3.8) is 0 Å². The first-order valence-electron chi connectivity index (χ1n) is 12.4. The molecule has 2 aromatic rings. The van der Waals surface area contributed by atoms with Crippen molar-refractivity contribution in [2.24, 2.45) is 0 Å². The Morgan fingerprint density at radius 3 is 2.45 bits per heavy atom. The SMILES string of the molecule is CCCCC(=O)N1c2ccccc2NC2=C(C(=O)CCC2)[C@H]1c1ccc(N(CC)CC)cc1. The van der Waals surface area contributed by atoms with Crippen molar-refractivity contribution in [1.29, 1.82) is 0 Å². The van der Waals surface area contributed by atoms with Gasteiger partial charge in [-0.25, -0.2) is 0 Å². The van der Waals surface area contributed by atoms with Gasteiger partial charge in [0.2, 0.25) is 5.91 Å². The predicted octanol–water partition coefficient (Wildman–Crippen LogP) is 6.23. The molecule has 0 saturated heterocycles. The van der Waals surface area contributed by atoms with Crippen LogP contribution in [-0.2, 0) is 9.59 Å². The molecule has 0 bridgehead atoms. The van der Waals surface area contributed by atoms with E-state index in [1.54, 1.807) is 0 Å². The lowest BCUT2D eigenvalue weighted by Crippen LogP contribution is -2.38. The van der Waals surface area contributed by atoms with Gasteiger partial charge in [-0.2, -0.15) is 0 Å². The molecule has 174 valence electrons. The third kappa shape index (κ3) is 4.54. The van der Waals surface area contributed by atoms with Crippen LogP contribution in [0.3, 0.4) is 0 Å². The molecule has 33 heavy (non-hydrogen) atoms. The Morgan fingerprint density at radius 1 is 1.03 bits per heavy atom. The summed E-state index contributed by atoms with van der Waals surface area (Å²) in [7, 11) is 0. The number of unbranched alkanes of at least 4 members (excludes halogenated alkanes) is 1. The lowest BCUT2D eigenvalue weighted by atomic mass is 9.85. The molecule has 0 saturated carbocycles. The van der Waals surface area contributed by atoms with Gasteiger partial charge in [0.25, 0.3) is 0 Å². The van der Waals surface area contributed by atoms with Crippen LogP contribution in [0.15, 0.2) is 59.8 Å². The van der Waals surface area contributed by atoms with Crippen molar-refractivity contribution in [1.82, 2.24) is 0 Å². The first kappa shape index (κ1) is 23.1. The monoisotopic (exact) mass is 445 g/mol. The molecule has 0 spiro atoms. The zero-order valence-corrected chi connectivity index (χ0v) is 20.1. The van der Waals surface area contributed by atoms with E-state index >= 15 is 0 Å². The van der Waals surface area contributed by atoms with Crippen LogP contribution in [0.2, 0.25) is 0 Å². The molecule has 0 radical (unpaired) electrons. The second kappa shape index (κ2) is 10.2. The average Bonchev–Trinajstić information content (AvgIpc) is 2.99. The summed E-state index contributed by atoms with van der Waals surface area (Å²) in [5.41, 5.74) is 5.59. The summed E-state index contributed by atoms with van der Waals surface area (Å²) in [5.74, 6) is 0.207. The van der Waals surface area contributed by atoms with Crippen molar-refractivity contribution in [2.45, 2.75) is 65.3 Å². The zero-order chi connectivity index (χ0) is 23.4. The molecule has 1 amide bonds. The topological polar surface area (TPSA) is 52.7 Å². The Bertz CT molecular complexity index is 1040. The number of fused-ring (bicyclic) bond motifs is 1. The van der Waals surface area contributed by atoms with E-state index in [-0.39, 0.29) is 11.7 Å². The van der Waals surface area contributed by atoms with E-state index in [9.17, 15) is 9.59 Å². The first-order valence-corrected chi connectivity index (χ1v) is 12.4. The first-order chi connectivity index (χ1) is 16.1. The highest BCUT2D eigenvalue weighted by molar-refractivity contribution is 6.06. The van der Waals surface area contributed by atoms with Gasteiger partial charge in [0.15, 0.2) is 5.78 Å². The Balaban J connectivity index is 1.88. The van der Waals surface area contributed by atoms with Gasteiger partial charge in [-0.3, -0.25) is 14.5 Å². The second-order valence-corrected chi connectivity index (χ2v) is 8.84. The van der Waals surface area contributed by atoms with Gasteiger partial charge in [-0.1, -0.05) is 37.6 Å². The van der Waals surface area contributed by atoms with Crippen molar-refractivity contribution in [2.75, 3.05) is 28.2 Å². The molecule has 1 heterocycles. The molecule has 2 aliphatic rings. The number of benzene rings is 2. The maximum absolute atomic E-state index is 13.7. The summed E-state index contributed by atoms with van der Waals surface area (Å²) in [6, 6.07) is 16.0. The maximum Gasteiger partial charge on any atom is 0.227 e. The van der Waals surface area contributed by atoms with E-state index in [0.717, 1.165) is 72.7 Å². The Kier molecular flexibility index (Phi) is 7.17. The van der Waals surface area contributed by atoms with Crippen LogP contribution in [0, 0.1) is 0 Å². The number of nitrogens with one attached hydrogen (secondary N) is 1. The van der Waals surface area contributed by atoms with Gasteiger partial charge >= 0.3 is 0 Å². The molecule has 0 unspecified atom stereocenters. The number of rotatable bonds is 7. The highest BCUT2D eigenvalue weighted by Crippen LogP contribution is 2.45. The van der Waals surface area contributed by atoms with Gasteiger partial charge in [0.1, 0.15) is 0 Å². The van der Waals surface area contributed by atoms with Crippen molar-refractivity contribution < 1.29 is 9.59 Å². The number of para-hydroxylation sites is 2. The number of hydrogen-bond donors (Lipinski definition) is 1. The molecule has 0 aromatic heterocycles. The van der Waals surface area contributed by atoms with Gasteiger partial charge in [-0.15, -0.1) is 0 Å². The highest BCUT2D eigenvalue weighted by atomic mass is 16.2. The van der Waals surface area contributed by atoms with E-state index in [1.165, 1.54) is 0 Å². The number of anilines is 3. The van der Waals surface area contributed by atoms with E-state index in [4.69, 9.17) is 0 Å². The molecule has 5 heteroatoms. The minimum atomic E-state index is -0.418. The number of ketones is 1.